The summed E-state index contributed by atoms with van der Waals surface area (Å²) in [5.41, 5.74) is 0.941. The lowest BCUT2D eigenvalue weighted by Gasteiger charge is -2.39. The highest BCUT2D eigenvalue weighted by molar-refractivity contribution is 5.49. The van der Waals surface area contributed by atoms with E-state index in [1.54, 1.807) is 19.1 Å². The van der Waals surface area contributed by atoms with E-state index in [-0.39, 0.29) is 28.4 Å². The minimum atomic E-state index is -0.354. The molecule has 0 radical (unpaired) electrons. The van der Waals surface area contributed by atoms with E-state index in [0.29, 0.717) is 18.4 Å². The van der Waals surface area contributed by atoms with Crippen molar-refractivity contribution in [2.45, 2.75) is 52.1 Å². The molecule has 18 heavy (non-hydrogen) atoms. The van der Waals surface area contributed by atoms with Crippen molar-refractivity contribution in [2.75, 3.05) is 0 Å². The number of aryl methyl sites for hydroxylation is 1. The molecule has 2 unspecified atom stereocenters. The van der Waals surface area contributed by atoms with Gasteiger partial charge < -0.3 is 15.3 Å². The molecule has 1 aromatic rings. The molecule has 0 saturated heterocycles. The molecule has 3 N–H and O–H groups in total. The second-order valence-corrected chi connectivity index (χ2v) is 6.43. The third-order valence-corrected chi connectivity index (χ3v) is 4.79. The van der Waals surface area contributed by atoms with E-state index >= 15 is 0 Å². The van der Waals surface area contributed by atoms with Crippen LogP contribution in [0.4, 0.5) is 0 Å². The zero-order valence-corrected chi connectivity index (χ0v) is 11.5. The zero-order valence-electron chi connectivity index (χ0n) is 11.5. The Kier molecular flexibility index (Phi) is 2.85. The van der Waals surface area contributed by atoms with Gasteiger partial charge in [0, 0.05) is 11.0 Å². The van der Waals surface area contributed by atoms with Crippen molar-refractivity contribution < 1.29 is 15.3 Å². The number of aliphatic hydroxyl groups excluding tert-OH is 1. The van der Waals surface area contributed by atoms with Gasteiger partial charge in [-0.2, -0.15) is 0 Å². The third-order valence-electron chi connectivity index (χ3n) is 4.79. The van der Waals surface area contributed by atoms with Crippen LogP contribution in [-0.4, -0.2) is 21.4 Å². The minimum absolute atomic E-state index is 0.119. The van der Waals surface area contributed by atoms with E-state index in [4.69, 9.17) is 0 Å². The van der Waals surface area contributed by atoms with Crippen molar-refractivity contribution in [3.8, 4) is 11.5 Å². The van der Waals surface area contributed by atoms with Gasteiger partial charge in [-0.25, -0.2) is 0 Å². The maximum absolute atomic E-state index is 10.2. The van der Waals surface area contributed by atoms with Crippen molar-refractivity contribution in [3.63, 3.8) is 0 Å². The number of aromatic hydroxyl groups is 2. The van der Waals surface area contributed by atoms with Gasteiger partial charge in [0.1, 0.15) is 11.5 Å². The normalized spacial score (nSPS) is 30.6. The molecule has 1 fully saturated rings. The highest BCUT2D eigenvalue weighted by Gasteiger charge is 2.51. The Labute approximate surface area is 108 Å². The predicted molar refractivity (Wildman–Crippen MR) is 70.9 cm³/mol. The van der Waals surface area contributed by atoms with E-state index in [1.165, 1.54) is 0 Å². The Morgan fingerprint density at radius 3 is 2.17 bits per heavy atom. The first-order valence-corrected chi connectivity index (χ1v) is 6.38. The Morgan fingerprint density at radius 2 is 1.67 bits per heavy atom. The fourth-order valence-corrected chi connectivity index (χ4v) is 3.23. The summed E-state index contributed by atoms with van der Waals surface area (Å²) in [5, 5.41) is 30.0. The molecule has 1 aliphatic rings. The molecule has 0 aliphatic heterocycles. The van der Waals surface area contributed by atoms with Crippen LogP contribution >= 0.6 is 0 Å². The molecule has 1 saturated carbocycles. The van der Waals surface area contributed by atoms with Crippen molar-refractivity contribution in [1.29, 1.82) is 0 Å². The van der Waals surface area contributed by atoms with E-state index in [1.807, 2.05) is 6.92 Å². The van der Waals surface area contributed by atoms with Gasteiger partial charge in [-0.3, -0.25) is 0 Å². The Bertz CT molecular complexity index is 479. The summed E-state index contributed by atoms with van der Waals surface area (Å²) in [4.78, 5) is 0. The molecular weight excluding hydrogens is 228 g/mol. The average molecular weight is 250 g/mol. The van der Waals surface area contributed by atoms with Crippen LogP contribution in [0, 0.1) is 12.3 Å². The van der Waals surface area contributed by atoms with Gasteiger partial charge in [-0.05, 0) is 42.9 Å². The summed E-state index contributed by atoms with van der Waals surface area (Å²) < 4.78 is 0. The number of hydrogen-bond acceptors (Lipinski definition) is 3. The lowest BCUT2D eigenvalue weighted by molar-refractivity contribution is 0.168. The summed E-state index contributed by atoms with van der Waals surface area (Å²) in [6, 6.07) is 3.24. The van der Waals surface area contributed by atoms with Gasteiger partial charge in [0.2, 0.25) is 0 Å². The third kappa shape index (κ3) is 1.77. The number of phenolic OH excluding ortho intramolecular Hbond substituents is 2. The molecular formula is C15H22O3. The lowest BCUT2D eigenvalue weighted by atomic mass is 9.65. The SMILES string of the molecule is Cc1cc(O)c(C2(C)CC(O)CC2(C)C)cc1O. The highest BCUT2D eigenvalue weighted by atomic mass is 16.3. The van der Waals surface area contributed by atoms with Crippen LogP contribution < -0.4 is 0 Å². The molecule has 3 nitrogen and oxygen atoms in total. The highest BCUT2D eigenvalue weighted by Crippen LogP contribution is 2.56. The monoisotopic (exact) mass is 250 g/mol. The molecule has 2 atom stereocenters. The fraction of sp³-hybridized carbons (Fsp3) is 0.600. The molecule has 0 amide bonds. The van der Waals surface area contributed by atoms with Crippen LogP contribution in [0.1, 0.15) is 44.7 Å². The lowest BCUT2D eigenvalue weighted by Crippen LogP contribution is -2.34. The Morgan fingerprint density at radius 1 is 1.06 bits per heavy atom. The van der Waals surface area contributed by atoms with E-state index in [0.717, 1.165) is 5.56 Å². The van der Waals surface area contributed by atoms with Crippen molar-refractivity contribution >= 4 is 0 Å². The van der Waals surface area contributed by atoms with Crippen LogP contribution in [-0.2, 0) is 5.41 Å². The van der Waals surface area contributed by atoms with Crippen LogP contribution in [0.5, 0.6) is 11.5 Å². The average Bonchev–Trinajstić information content (AvgIpc) is 2.42. The summed E-state index contributed by atoms with van der Waals surface area (Å²) in [6.07, 6.45) is 0.959. The van der Waals surface area contributed by atoms with E-state index < -0.39 is 0 Å². The number of rotatable bonds is 1. The van der Waals surface area contributed by atoms with Crippen molar-refractivity contribution in [3.05, 3.63) is 23.3 Å². The molecule has 2 rings (SSSR count). The molecule has 1 aliphatic carbocycles. The summed E-state index contributed by atoms with van der Waals surface area (Å²) in [7, 11) is 0. The van der Waals surface area contributed by atoms with Gasteiger partial charge >= 0.3 is 0 Å². The molecule has 0 spiro atoms. The van der Waals surface area contributed by atoms with Crippen molar-refractivity contribution in [2.24, 2.45) is 5.41 Å². The van der Waals surface area contributed by atoms with Gasteiger partial charge in [-0.15, -0.1) is 0 Å². The quantitative estimate of drug-likeness (QED) is 0.672. The van der Waals surface area contributed by atoms with Crippen LogP contribution in [0.25, 0.3) is 0 Å². The first-order chi connectivity index (χ1) is 8.17. The smallest absolute Gasteiger partial charge is 0.119 e. The molecule has 1 aromatic carbocycles. The number of aliphatic hydroxyl groups is 1. The van der Waals surface area contributed by atoms with Gasteiger partial charge in [0.05, 0.1) is 6.10 Å². The molecule has 0 bridgehead atoms. The second kappa shape index (κ2) is 3.89. The van der Waals surface area contributed by atoms with Crippen molar-refractivity contribution in [1.82, 2.24) is 0 Å². The van der Waals surface area contributed by atoms with Crippen LogP contribution in [0.3, 0.4) is 0 Å². The van der Waals surface area contributed by atoms with E-state index in [9.17, 15) is 15.3 Å². The van der Waals surface area contributed by atoms with Gasteiger partial charge in [0.15, 0.2) is 0 Å². The molecule has 0 heterocycles. The second-order valence-electron chi connectivity index (χ2n) is 6.43. The van der Waals surface area contributed by atoms with Crippen LogP contribution in [0.15, 0.2) is 12.1 Å². The first kappa shape index (κ1) is 13.2. The number of phenols is 2. The number of benzene rings is 1. The topological polar surface area (TPSA) is 60.7 Å². The Balaban J connectivity index is 2.58. The molecule has 3 heteroatoms. The minimum Gasteiger partial charge on any atom is -0.508 e. The summed E-state index contributed by atoms with van der Waals surface area (Å²) >= 11 is 0. The van der Waals surface area contributed by atoms with Gasteiger partial charge in [0.25, 0.3) is 0 Å². The maximum atomic E-state index is 10.2. The Hall–Kier alpha value is -1.22. The standard InChI is InChI=1S/C15H22O3/c1-9-5-13(18)11(6-12(9)17)15(4)8-10(16)7-14(15,2)3/h5-6,10,16-18H,7-8H2,1-4H3. The van der Waals surface area contributed by atoms with Gasteiger partial charge in [-0.1, -0.05) is 20.8 Å². The first-order valence-electron chi connectivity index (χ1n) is 6.38. The zero-order chi connectivity index (χ0) is 13.7. The summed E-state index contributed by atoms with van der Waals surface area (Å²) in [6.45, 7) is 8.00. The fourth-order valence-electron chi connectivity index (χ4n) is 3.23. The van der Waals surface area contributed by atoms with Crippen LogP contribution in [0.2, 0.25) is 0 Å². The largest absolute Gasteiger partial charge is 0.508 e. The number of hydrogen-bond donors (Lipinski definition) is 3. The molecule has 0 aromatic heterocycles. The maximum Gasteiger partial charge on any atom is 0.119 e. The predicted octanol–water partition coefficient (Wildman–Crippen LogP) is 2.84. The van der Waals surface area contributed by atoms with E-state index in [2.05, 4.69) is 13.8 Å². The molecule has 100 valence electrons. The summed E-state index contributed by atoms with van der Waals surface area (Å²) in [5.74, 6) is 0.399.